The molecule has 0 N–H and O–H groups in total. The molecule has 1 spiro atoms. The summed E-state index contributed by atoms with van der Waals surface area (Å²) >= 11 is 1.81. The third-order valence-corrected chi connectivity index (χ3v) is 6.31. The van der Waals surface area contributed by atoms with E-state index in [-0.39, 0.29) is 0 Å². The summed E-state index contributed by atoms with van der Waals surface area (Å²) < 4.78 is 5.48. The van der Waals surface area contributed by atoms with E-state index in [1.807, 2.05) is 18.4 Å². The zero-order valence-corrected chi connectivity index (χ0v) is 15.1. The summed E-state index contributed by atoms with van der Waals surface area (Å²) in [5.41, 5.74) is 2.02. The number of piperidine rings is 1. The maximum Gasteiger partial charge on any atom is 0.0618 e. The predicted octanol–water partition coefficient (Wildman–Crippen LogP) is 3.46. The Bertz CT molecular complexity index is 452. The molecule has 0 radical (unpaired) electrons. The second-order valence-electron chi connectivity index (χ2n) is 7.49. The van der Waals surface area contributed by atoms with Crippen molar-refractivity contribution >= 4 is 11.3 Å². The minimum Gasteiger partial charge on any atom is -0.383 e. The molecule has 3 heterocycles. The molecule has 0 aromatic carbocycles. The van der Waals surface area contributed by atoms with Crippen LogP contribution >= 0.6 is 11.3 Å². The second kappa shape index (κ2) is 7.00. The molecule has 1 aromatic heterocycles. The molecular formula is C18H30N2OS. The highest BCUT2D eigenvalue weighted by molar-refractivity contribution is 7.07. The molecule has 2 aliphatic heterocycles. The summed E-state index contributed by atoms with van der Waals surface area (Å²) in [6.45, 7) is 10.4. The Morgan fingerprint density at radius 3 is 2.73 bits per heavy atom. The molecule has 0 unspecified atom stereocenters. The van der Waals surface area contributed by atoms with Crippen LogP contribution in [-0.4, -0.2) is 55.2 Å². The first kappa shape index (κ1) is 16.4. The molecule has 124 valence electrons. The van der Waals surface area contributed by atoms with Gasteiger partial charge in [0.2, 0.25) is 0 Å². The summed E-state index contributed by atoms with van der Waals surface area (Å²) in [6, 6.07) is 3.51. The van der Waals surface area contributed by atoms with Crippen LogP contribution in [0, 0.1) is 5.41 Å². The molecular weight excluding hydrogens is 292 g/mol. The summed E-state index contributed by atoms with van der Waals surface area (Å²) in [5, 5.41) is 4.47. The Balaban J connectivity index is 1.57. The van der Waals surface area contributed by atoms with E-state index in [2.05, 4.69) is 40.5 Å². The number of methoxy groups -OCH3 is 1. The van der Waals surface area contributed by atoms with Gasteiger partial charge in [-0.1, -0.05) is 0 Å². The van der Waals surface area contributed by atoms with Crippen LogP contribution in [-0.2, 0) is 11.3 Å². The van der Waals surface area contributed by atoms with Crippen LogP contribution in [0.25, 0.3) is 0 Å². The zero-order chi connectivity index (χ0) is 15.6. The lowest BCUT2D eigenvalue weighted by atomic mass is 9.76. The maximum atomic E-state index is 5.48. The van der Waals surface area contributed by atoms with Crippen molar-refractivity contribution in [3.8, 4) is 0 Å². The molecule has 4 heteroatoms. The van der Waals surface area contributed by atoms with Gasteiger partial charge in [-0.2, -0.15) is 11.3 Å². The van der Waals surface area contributed by atoms with Crippen LogP contribution < -0.4 is 0 Å². The molecule has 2 aliphatic rings. The van der Waals surface area contributed by atoms with Crippen LogP contribution in [0.15, 0.2) is 16.8 Å². The summed E-state index contributed by atoms with van der Waals surface area (Å²) in [4.78, 5) is 5.31. The topological polar surface area (TPSA) is 15.7 Å². The van der Waals surface area contributed by atoms with Crippen molar-refractivity contribution in [1.29, 1.82) is 0 Å². The summed E-state index contributed by atoms with van der Waals surface area (Å²) in [6.07, 6.45) is 4.02. The lowest BCUT2D eigenvalue weighted by Crippen LogP contribution is -2.42. The third kappa shape index (κ3) is 3.56. The molecule has 3 rings (SSSR count). The minimum atomic E-state index is 0.540. The fourth-order valence-electron chi connectivity index (χ4n) is 4.34. The van der Waals surface area contributed by atoms with Crippen molar-refractivity contribution in [2.75, 3.05) is 33.4 Å². The van der Waals surface area contributed by atoms with Gasteiger partial charge in [-0.3, -0.25) is 9.80 Å². The highest BCUT2D eigenvalue weighted by atomic mass is 32.1. The normalized spacial score (nSPS) is 26.3. The first-order valence-corrected chi connectivity index (χ1v) is 9.54. The Labute approximate surface area is 139 Å². The van der Waals surface area contributed by atoms with Gasteiger partial charge in [0.25, 0.3) is 0 Å². The van der Waals surface area contributed by atoms with E-state index < -0.39 is 0 Å². The molecule has 0 saturated carbocycles. The molecule has 3 nitrogen and oxygen atoms in total. The number of thiophene rings is 1. The number of hydrogen-bond acceptors (Lipinski definition) is 4. The van der Waals surface area contributed by atoms with Gasteiger partial charge >= 0.3 is 0 Å². The lowest BCUT2D eigenvalue weighted by molar-refractivity contribution is 0.0916. The van der Waals surface area contributed by atoms with E-state index in [0.717, 1.165) is 13.2 Å². The van der Waals surface area contributed by atoms with E-state index in [0.29, 0.717) is 17.5 Å². The highest BCUT2D eigenvalue weighted by Gasteiger charge is 2.45. The zero-order valence-electron chi connectivity index (χ0n) is 14.3. The van der Waals surface area contributed by atoms with E-state index >= 15 is 0 Å². The standard InChI is InChI=1S/C18H30N2OS/c1-15(2)20-14-18(10-17(20)12-21-3)5-7-19(8-6-18)11-16-4-9-22-13-16/h4,9,13,15,17H,5-8,10-12,14H2,1-3H3/t17-/m1/s1. The molecule has 0 aliphatic carbocycles. The fourth-order valence-corrected chi connectivity index (χ4v) is 5.00. The quantitative estimate of drug-likeness (QED) is 0.826. The van der Waals surface area contributed by atoms with Crippen LogP contribution in [0.4, 0.5) is 0 Å². The first-order chi connectivity index (χ1) is 10.6. The molecule has 1 atom stereocenters. The molecule has 0 bridgehead atoms. The summed E-state index contributed by atoms with van der Waals surface area (Å²) in [5.74, 6) is 0. The van der Waals surface area contributed by atoms with Crippen molar-refractivity contribution < 1.29 is 4.74 Å². The van der Waals surface area contributed by atoms with Gasteiger partial charge in [0, 0.05) is 32.3 Å². The van der Waals surface area contributed by atoms with Gasteiger partial charge in [-0.15, -0.1) is 0 Å². The Hall–Kier alpha value is -0.420. The molecule has 2 saturated heterocycles. The van der Waals surface area contributed by atoms with E-state index in [1.165, 1.54) is 44.5 Å². The van der Waals surface area contributed by atoms with Gasteiger partial charge in [0.05, 0.1) is 6.61 Å². The van der Waals surface area contributed by atoms with Crippen molar-refractivity contribution in [2.45, 2.75) is 51.7 Å². The number of rotatable bonds is 5. The number of likely N-dealkylation sites (tertiary alicyclic amines) is 2. The average Bonchev–Trinajstić information content (AvgIpc) is 3.11. The van der Waals surface area contributed by atoms with Gasteiger partial charge in [0.1, 0.15) is 0 Å². The van der Waals surface area contributed by atoms with Crippen LogP contribution in [0.1, 0.15) is 38.7 Å². The first-order valence-electron chi connectivity index (χ1n) is 8.60. The van der Waals surface area contributed by atoms with E-state index in [9.17, 15) is 0 Å². The number of hydrogen-bond donors (Lipinski definition) is 0. The highest BCUT2D eigenvalue weighted by Crippen LogP contribution is 2.44. The number of ether oxygens (including phenoxy) is 1. The third-order valence-electron chi connectivity index (χ3n) is 5.58. The Kier molecular flexibility index (Phi) is 5.23. The van der Waals surface area contributed by atoms with Gasteiger partial charge in [-0.25, -0.2) is 0 Å². The van der Waals surface area contributed by atoms with Gasteiger partial charge in [-0.05, 0) is 74.0 Å². The second-order valence-corrected chi connectivity index (χ2v) is 8.27. The Morgan fingerprint density at radius 2 is 2.14 bits per heavy atom. The number of nitrogens with zero attached hydrogens (tertiary/aromatic N) is 2. The monoisotopic (exact) mass is 322 g/mol. The van der Waals surface area contributed by atoms with E-state index in [1.54, 1.807) is 0 Å². The summed E-state index contributed by atoms with van der Waals surface area (Å²) in [7, 11) is 1.84. The molecule has 22 heavy (non-hydrogen) atoms. The smallest absolute Gasteiger partial charge is 0.0618 e. The van der Waals surface area contributed by atoms with Crippen LogP contribution in [0.5, 0.6) is 0 Å². The lowest BCUT2D eigenvalue weighted by Gasteiger charge is -2.39. The van der Waals surface area contributed by atoms with Crippen molar-refractivity contribution in [3.05, 3.63) is 22.4 Å². The molecule has 0 amide bonds. The van der Waals surface area contributed by atoms with Crippen LogP contribution in [0.2, 0.25) is 0 Å². The van der Waals surface area contributed by atoms with Crippen LogP contribution in [0.3, 0.4) is 0 Å². The van der Waals surface area contributed by atoms with Crippen molar-refractivity contribution in [1.82, 2.24) is 9.80 Å². The minimum absolute atomic E-state index is 0.540. The molecule has 1 aromatic rings. The Morgan fingerprint density at radius 1 is 1.36 bits per heavy atom. The predicted molar refractivity (Wildman–Crippen MR) is 93.4 cm³/mol. The van der Waals surface area contributed by atoms with E-state index in [4.69, 9.17) is 4.74 Å². The average molecular weight is 323 g/mol. The maximum absolute atomic E-state index is 5.48. The van der Waals surface area contributed by atoms with Crippen molar-refractivity contribution in [3.63, 3.8) is 0 Å². The fraction of sp³-hybridized carbons (Fsp3) is 0.778. The largest absolute Gasteiger partial charge is 0.383 e. The van der Waals surface area contributed by atoms with Crippen molar-refractivity contribution in [2.24, 2.45) is 5.41 Å². The SMILES string of the molecule is COC[C@H]1CC2(CCN(Cc3ccsc3)CC2)CN1C(C)C. The van der Waals surface area contributed by atoms with Gasteiger partial charge in [0.15, 0.2) is 0 Å². The molecule has 2 fully saturated rings. The van der Waals surface area contributed by atoms with Gasteiger partial charge < -0.3 is 4.74 Å².